The van der Waals surface area contributed by atoms with Gasteiger partial charge in [0.25, 0.3) is 0 Å². The van der Waals surface area contributed by atoms with Crippen LogP contribution in [0.5, 0.6) is 28.7 Å². The number of ketones is 1. The van der Waals surface area contributed by atoms with Crippen LogP contribution in [0.4, 0.5) is 0 Å². The molecule has 6 N–H and O–H groups in total. The Hall–Kier alpha value is -6.03. The number of para-hydroxylation sites is 1. The quantitative estimate of drug-likeness (QED) is 0.0470. The number of benzene rings is 4. The molecule has 6 rings (SSSR count). The van der Waals surface area contributed by atoms with Gasteiger partial charge in [-0.1, -0.05) is 52.0 Å². The third-order valence-corrected chi connectivity index (χ3v) is 9.20. The standard InChI is InChI=1S/C39H34O10/c1-15(2)26-20-11-17(5)28(29-18(6)12-21-27(16(3)4)38(47)34(43)24(14-40)31(21)36(29)45)35(44)30(20)22(33(42)37(26)46)13-23-32(41)19-9-7-8-10-25(19)49-39(23)48/h7-16,41,43-47H,1-6H3/b22-13-. The van der Waals surface area contributed by atoms with Crippen molar-refractivity contribution in [2.24, 2.45) is 5.92 Å². The number of Topliss-reactive ketones (excluding diaryl/α,β-unsaturated/α-hetero) is 1. The second-order valence-corrected chi connectivity index (χ2v) is 12.9. The lowest BCUT2D eigenvalue weighted by Gasteiger charge is -2.28. The molecule has 0 atom stereocenters. The number of fused-ring (bicyclic) bond motifs is 3. The van der Waals surface area contributed by atoms with Gasteiger partial charge in [-0.25, -0.2) is 4.79 Å². The molecule has 1 aliphatic rings. The maximum absolute atomic E-state index is 13.9. The van der Waals surface area contributed by atoms with Crippen molar-refractivity contribution in [1.82, 2.24) is 0 Å². The highest BCUT2D eigenvalue weighted by atomic mass is 16.4. The van der Waals surface area contributed by atoms with E-state index in [1.54, 1.807) is 65.8 Å². The SMILES string of the molecule is Cc1cc2c(c(O)c1-c1c(C)cc3c(C(C)C)c(O)c(O)c(C=O)c3c1O)/C(=C/c1c(O)c3ccccc3oc1=O)C(=O)C(O)=C2C(C)C. The number of allylic oxidation sites excluding steroid dienone is 2. The summed E-state index contributed by atoms with van der Waals surface area (Å²) in [5.74, 6) is -4.83. The fraction of sp³-hybridized carbons (Fsp3) is 0.205. The Bertz CT molecular complexity index is 2420. The molecule has 0 aliphatic heterocycles. The van der Waals surface area contributed by atoms with E-state index < -0.39 is 51.8 Å². The first kappa shape index (κ1) is 32.9. The Morgan fingerprint density at radius 1 is 0.694 bits per heavy atom. The van der Waals surface area contributed by atoms with Gasteiger partial charge in [0.15, 0.2) is 23.5 Å². The van der Waals surface area contributed by atoms with Gasteiger partial charge in [0, 0.05) is 38.8 Å². The normalized spacial score (nSPS) is 14.1. The topological polar surface area (TPSA) is 186 Å². The molecule has 250 valence electrons. The van der Waals surface area contributed by atoms with Crippen LogP contribution in [0.1, 0.15) is 77.4 Å². The zero-order valence-corrected chi connectivity index (χ0v) is 27.6. The number of phenolic OH excluding ortho intramolecular Hbond substituents is 4. The fourth-order valence-corrected chi connectivity index (χ4v) is 7.03. The predicted octanol–water partition coefficient (Wildman–Crippen LogP) is 7.74. The molecule has 0 spiro atoms. The van der Waals surface area contributed by atoms with Crippen molar-refractivity contribution in [1.29, 1.82) is 0 Å². The number of carbonyl (C=O) groups is 2. The van der Waals surface area contributed by atoms with Crippen LogP contribution in [0, 0.1) is 19.8 Å². The van der Waals surface area contributed by atoms with Crippen molar-refractivity contribution >= 4 is 51.0 Å². The van der Waals surface area contributed by atoms with Gasteiger partial charge in [0.2, 0.25) is 5.78 Å². The van der Waals surface area contributed by atoms with Gasteiger partial charge in [-0.2, -0.15) is 0 Å². The van der Waals surface area contributed by atoms with Crippen LogP contribution >= 0.6 is 0 Å². The lowest BCUT2D eigenvalue weighted by Crippen LogP contribution is -2.19. The van der Waals surface area contributed by atoms with Gasteiger partial charge in [0.1, 0.15) is 28.4 Å². The number of aliphatic hydroxyl groups is 1. The van der Waals surface area contributed by atoms with Gasteiger partial charge >= 0.3 is 5.63 Å². The lowest BCUT2D eigenvalue weighted by molar-refractivity contribution is -0.112. The molecule has 49 heavy (non-hydrogen) atoms. The smallest absolute Gasteiger partial charge is 0.347 e. The Morgan fingerprint density at radius 3 is 1.96 bits per heavy atom. The van der Waals surface area contributed by atoms with E-state index in [4.69, 9.17) is 4.42 Å². The number of carbonyl (C=O) groups excluding carboxylic acids is 2. The molecule has 4 aromatic carbocycles. The number of aliphatic hydroxyl groups excluding tert-OH is 1. The summed E-state index contributed by atoms with van der Waals surface area (Å²) in [4.78, 5) is 39.3. The minimum Gasteiger partial charge on any atom is -0.507 e. The minimum absolute atomic E-state index is 0.0444. The van der Waals surface area contributed by atoms with Crippen molar-refractivity contribution in [2.45, 2.75) is 47.5 Å². The molecule has 5 aromatic rings. The molecule has 0 unspecified atom stereocenters. The maximum atomic E-state index is 13.9. The molecule has 0 radical (unpaired) electrons. The summed E-state index contributed by atoms with van der Waals surface area (Å²) in [5, 5.41) is 68.5. The van der Waals surface area contributed by atoms with Crippen LogP contribution in [0.15, 0.2) is 51.4 Å². The van der Waals surface area contributed by atoms with E-state index in [1.165, 1.54) is 12.1 Å². The largest absolute Gasteiger partial charge is 0.507 e. The van der Waals surface area contributed by atoms with Gasteiger partial charge in [-0.3, -0.25) is 9.59 Å². The Labute approximate surface area is 280 Å². The van der Waals surface area contributed by atoms with Crippen LogP contribution in [0.3, 0.4) is 0 Å². The summed E-state index contributed by atoms with van der Waals surface area (Å²) in [5.41, 5.74) is -0.127. The van der Waals surface area contributed by atoms with E-state index in [-0.39, 0.29) is 66.8 Å². The Balaban J connectivity index is 1.75. The zero-order valence-electron chi connectivity index (χ0n) is 27.6. The van der Waals surface area contributed by atoms with Gasteiger partial charge < -0.3 is 35.1 Å². The van der Waals surface area contributed by atoms with Gasteiger partial charge in [-0.05, 0) is 66.0 Å². The van der Waals surface area contributed by atoms with E-state index in [9.17, 15) is 45.0 Å². The Kier molecular flexibility index (Phi) is 7.78. The van der Waals surface area contributed by atoms with E-state index in [2.05, 4.69) is 0 Å². The number of hydrogen-bond acceptors (Lipinski definition) is 10. The highest BCUT2D eigenvalue weighted by Gasteiger charge is 2.36. The van der Waals surface area contributed by atoms with Crippen molar-refractivity contribution in [3.05, 3.63) is 91.5 Å². The summed E-state index contributed by atoms with van der Waals surface area (Å²) in [7, 11) is 0. The van der Waals surface area contributed by atoms with Crippen LogP contribution in [0.2, 0.25) is 0 Å². The number of hydrogen-bond donors (Lipinski definition) is 6. The first-order valence-corrected chi connectivity index (χ1v) is 15.6. The molecule has 0 saturated carbocycles. The van der Waals surface area contributed by atoms with Crippen LogP contribution in [-0.2, 0) is 4.79 Å². The highest BCUT2D eigenvalue weighted by Crippen LogP contribution is 2.54. The van der Waals surface area contributed by atoms with Crippen molar-refractivity contribution in [3.8, 4) is 39.9 Å². The predicted molar refractivity (Wildman–Crippen MR) is 186 cm³/mol. The Morgan fingerprint density at radius 2 is 1.33 bits per heavy atom. The highest BCUT2D eigenvalue weighted by molar-refractivity contribution is 6.37. The van der Waals surface area contributed by atoms with Crippen LogP contribution in [0.25, 0.3) is 50.1 Å². The molecule has 1 aliphatic carbocycles. The summed E-state index contributed by atoms with van der Waals surface area (Å²) in [6, 6.07) is 9.55. The second kappa shape index (κ2) is 11.6. The monoisotopic (exact) mass is 662 g/mol. The fourth-order valence-electron chi connectivity index (χ4n) is 7.03. The molecule has 10 heteroatoms. The second-order valence-electron chi connectivity index (χ2n) is 12.9. The van der Waals surface area contributed by atoms with Crippen LogP contribution in [-0.4, -0.2) is 42.7 Å². The molecule has 10 nitrogen and oxygen atoms in total. The molecule has 1 aromatic heterocycles. The van der Waals surface area contributed by atoms with Crippen molar-refractivity contribution in [3.63, 3.8) is 0 Å². The van der Waals surface area contributed by atoms with Crippen LogP contribution < -0.4 is 5.63 Å². The summed E-state index contributed by atoms with van der Waals surface area (Å²) in [6.45, 7) is 10.4. The third-order valence-electron chi connectivity index (χ3n) is 9.20. The third kappa shape index (κ3) is 4.74. The van der Waals surface area contributed by atoms with E-state index in [0.717, 1.165) is 6.08 Å². The van der Waals surface area contributed by atoms with E-state index >= 15 is 0 Å². The molecule has 0 bridgehead atoms. The van der Waals surface area contributed by atoms with Gasteiger partial charge in [-0.15, -0.1) is 0 Å². The minimum atomic E-state index is -0.962. The number of aldehydes is 1. The molecular formula is C39H34O10. The summed E-state index contributed by atoms with van der Waals surface area (Å²) >= 11 is 0. The molecule has 0 fully saturated rings. The number of rotatable bonds is 5. The summed E-state index contributed by atoms with van der Waals surface area (Å²) < 4.78 is 5.40. The number of aromatic hydroxyl groups is 5. The average Bonchev–Trinajstić information content (AvgIpc) is 3.03. The number of phenols is 4. The first-order valence-electron chi connectivity index (χ1n) is 15.6. The van der Waals surface area contributed by atoms with E-state index in [0.29, 0.717) is 28.4 Å². The number of aryl methyl sites for hydroxylation is 2. The molecular weight excluding hydrogens is 628 g/mol. The zero-order chi connectivity index (χ0) is 35.8. The van der Waals surface area contributed by atoms with E-state index in [1.807, 2.05) is 0 Å². The molecule has 0 saturated heterocycles. The first-order chi connectivity index (χ1) is 23.1. The van der Waals surface area contributed by atoms with Crippen molar-refractivity contribution < 1.29 is 44.6 Å². The van der Waals surface area contributed by atoms with Crippen molar-refractivity contribution in [2.75, 3.05) is 0 Å². The summed E-state index contributed by atoms with van der Waals surface area (Å²) in [6.07, 6.45) is 1.39. The lowest BCUT2D eigenvalue weighted by atomic mass is 9.76. The molecule has 0 amide bonds. The molecule has 1 heterocycles. The maximum Gasteiger partial charge on any atom is 0.347 e. The average molecular weight is 663 g/mol. The van der Waals surface area contributed by atoms with Gasteiger partial charge in [0.05, 0.1) is 10.9 Å².